The van der Waals surface area contributed by atoms with Gasteiger partial charge in [-0.25, -0.2) is 0 Å². The van der Waals surface area contributed by atoms with E-state index in [1.165, 1.54) is 86.3 Å². The molecule has 0 N–H and O–H groups in total. The molecule has 4 aliphatic rings. The number of benzene rings is 2. The van der Waals surface area contributed by atoms with E-state index in [0.29, 0.717) is 11.3 Å². The van der Waals surface area contributed by atoms with E-state index in [9.17, 15) is 0 Å². The van der Waals surface area contributed by atoms with Crippen LogP contribution in [0.5, 0.6) is 0 Å². The van der Waals surface area contributed by atoms with E-state index in [1.54, 1.807) is 14.2 Å². The zero-order valence-electron chi connectivity index (χ0n) is 23.5. The average Bonchev–Trinajstić information content (AvgIpc) is 3.49. The van der Waals surface area contributed by atoms with Crippen molar-refractivity contribution in [1.82, 2.24) is 0 Å². The van der Waals surface area contributed by atoms with Crippen molar-refractivity contribution in [2.24, 2.45) is 5.92 Å². The Balaban J connectivity index is 1.23. The van der Waals surface area contributed by atoms with Gasteiger partial charge in [0, 0.05) is 56.8 Å². The summed E-state index contributed by atoms with van der Waals surface area (Å²) in [5, 5.41) is 1.67. The van der Waals surface area contributed by atoms with Gasteiger partial charge in [0.15, 0.2) is 0 Å². The highest BCUT2D eigenvalue weighted by molar-refractivity contribution is 8.03. The number of likely N-dealkylation sites (N-methyl/N-ethyl adjacent to an activating group) is 1. The number of allylic oxidation sites excluding steroid dienone is 6. The van der Waals surface area contributed by atoms with Gasteiger partial charge in [0.05, 0.1) is 36.0 Å². The molecule has 2 aromatic carbocycles. The molecule has 2 unspecified atom stereocenters. The molecule has 2 atom stereocenters. The highest BCUT2D eigenvalue weighted by Crippen LogP contribution is 2.49. The smallest absolute Gasteiger partial charge is 0.0988 e. The van der Waals surface area contributed by atoms with E-state index in [-0.39, 0.29) is 0 Å². The van der Waals surface area contributed by atoms with Crippen molar-refractivity contribution in [3.05, 3.63) is 82.5 Å². The molecule has 0 spiro atoms. The van der Waals surface area contributed by atoms with E-state index in [4.69, 9.17) is 8.37 Å². The largest absolute Gasteiger partial charge is 0.355 e. The van der Waals surface area contributed by atoms with Gasteiger partial charge in [-0.1, -0.05) is 35.7 Å². The molecule has 2 heterocycles. The van der Waals surface area contributed by atoms with Crippen LogP contribution in [0.4, 0.5) is 11.4 Å². The lowest BCUT2D eigenvalue weighted by Gasteiger charge is -2.30. The number of rotatable bonds is 8. The van der Waals surface area contributed by atoms with Crippen LogP contribution >= 0.6 is 47.6 Å². The van der Waals surface area contributed by atoms with Crippen LogP contribution in [0.25, 0.3) is 0 Å². The van der Waals surface area contributed by atoms with Crippen LogP contribution in [0.15, 0.2) is 102 Å². The molecule has 0 saturated heterocycles. The van der Waals surface area contributed by atoms with Gasteiger partial charge < -0.3 is 18.2 Å². The maximum absolute atomic E-state index is 5.30. The first-order valence-electron chi connectivity index (χ1n) is 14.0. The van der Waals surface area contributed by atoms with Crippen molar-refractivity contribution in [2.75, 3.05) is 37.1 Å². The van der Waals surface area contributed by atoms with Crippen LogP contribution in [0.3, 0.4) is 0 Å². The number of thioether (sulfide) groups is 2. The Kier molecular flexibility index (Phi) is 9.01. The second-order valence-corrected chi connectivity index (χ2v) is 14.4. The van der Waals surface area contributed by atoms with Crippen molar-refractivity contribution in [3.8, 4) is 0 Å². The summed E-state index contributed by atoms with van der Waals surface area (Å²) in [5.41, 5.74) is 7.06. The average molecular weight is 609 g/mol. The van der Waals surface area contributed by atoms with Crippen molar-refractivity contribution in [1.29, 1.82) is 0 Å². The van der Waals surface area contributed by atoms with E-state index < -0.39 is 0 Å². The topological polar surface area (TPSA) is 24.9 Å². The van der Waals surface area contributed by atoms with Gasteiger partial charge in [-0.3, -0.25) is 0 Å². The molecular weight excluding hydrogens is 573 g/mol. The number of hydrogen-bond donors (Lipinski definition) is 0. The van der Waals surface area contributed by atoms with Gasteiger partial charge in [-0.2, -0.15) is 0 Å². The van der Waals surface area contributed by atoms with Crippen LogP contribution in [0.2, 0.25) is 0 Å². The second kappa shape index (κ2) is 12.7. The minimum atomic E-state index is 0.341. The van der Waals surface area contributed by atoms with Gasteiger partial charge in [0.2, 0.25) is 0 Å². The third kappa shape index (κ3) is 5.81. The van der Waals surface area contributed by atoms with Gasteiger partial charge in [0.25, 0.3) is 0 Å². The van der Waals surface area contributed by atoms with E-state index in [0.717, 1.165) is 29.3 Å². The highest BCUT2D eigenvalue weighted by Gasteiger charge is 2.30. The molecule has 2 aliphatic carbocycles. The molecule has 0 bridgehead atoms. The molecule has 4 nitrogen and oxygen atoms in total. The quantitative estimate of drug-likeness (QED) is 0.273. The molecule has 0 aromatic heterocycles. The van der Waals surface area contributed by atoms with Crippen molar-refractivity contribution < 1.29 is 8.37 Å². The van der Waals surface area contributed by atoms with Gasteiger partial charge in [-0.15, -0.1) is 0 Å². The van der Waals surface area contributed by atoms with Gasteiger partial charge >= 0.3 is 0 Å². The summed E-state index contributed by atoms with van der Waals surface area (Å²) in [6.07, 6.45) is 14.8. The molecule has 2 aromatic rings. The lowest BCUT2D eigenvalue weighted by atomic mass is 9.77. The van der Waals surface area contributed by atoms with E-state index >= 15 is 0 Å². The summed E-state index contributed by atoms with van der Waals surface area (Å²) in [5.74, 6) is 0.688. The normalized spacial score (nSPS) is 23.8. The molecule has 2 aliphatic heterocycles. The molecule has 0 radical (unpaired) electrons. The Morgan fingerprint density at radius 1 is 0.900 bits per heavy atom. The Hall–Kier alpha value is -1.68. The number of fused-ring (bicyclic) bond motifs is 3. The number of hydrogen-bond acceptors (Lipinski definition) is 8. The fourth-order valence-corrected chi connectivity index (χ4v) is 9.50. The molecule has 8 heteroatoms. The van der Waals surface area contributed by atoms with Crippen molar-refractivity contribution in [3.63, 3.8) is 0 Å². The van der Waals surface area contributed by atoms with E-state index in [1.807, 2.05) is 23.5 Å². The predicted octanol–water partition coefficient (Wildman–Crippen LogP) is 9.71. The minimum absolute atomic E-state index is 0.341. The first-order chi connectivity index (χ1) is 19.6. The fourth-order valence-electron chi connectivity index (χ4n) is 6.03. The first-order valence-corrected chi connectivity index (χ1v) is 17.2. The molecule has 40 heavy (non-hydrogen) atoms. The molecule has 0 fully saturated rings. The Morgan fingerprint density at radius 2 is 1.62 bits per heavy atom. The monoisotopic (exact) mass is 608 g/mol. The Morgan fingerprint density at radius 3 is 2.35 bits per heavy atom. The van der Waals surface area contributed by atoms with E-state index in [2.05, 4.69) is 84.3 Å². The number of nitrogens with zero attached hydrogens (tertiary/aromatic N) is 2. The zero-order valence-corrected chi connectivity index (χ0v) is 26.8. The van der Waals surface area contributed by atoms with Crippen LogP contribution in [0, 0.1) is 5.92 Å². The second-order valence-electron chi connectivity index (χ2n) is 10.3. The first kappa shape index (κ1) is 28.4. The maximum Gasteiger partial charge on any atom is 0.0988 e. The SMILES string of the molecule is CCN1/C(=C/C2=CC3=C/C(=C/C4Sc5ccc(SOC)cc5N4CC)CCC3CC2)Sc2ccc(SOC)cc21. The van der Waals surface area contributed by atoms with Gasteiger partial charge in [0.1, 0.15) is 0 Å². The van der Waals surface area contributed by atoms with Crippen LogP contribution < -0.4 is 9.80 Å². The lowest BCUT2D eigenvalue weighted by Crippen LogP contribution is -2.27. The standard InChI is InChI=1S/C32H36N2O2S4/c1-5-33-27-19-25(39-35-3)11-13-29(27)37-31(33)17-21-7-9-23-10-8-22(16-24(23)15-21)18-32-34(6-2)28-20-26(40-36-4)12-14-30(28)38-32/h11-20,23,31H,5-10H2,1-4H3/b21-17+,32-18-. The highest BCUT2D eigenvalue weighted by atomic mass is 32.2. The van der Waals surface area contributed by atoms with Gasteiger partial charge in [-0.05, 0) is 111 Å². The Labute approximate surface area is 256 Å². The fraction of sp³-hybridized carbons (Fsp3) is 0.375. The third-order valence-corrected chi connectivity index (χ3v) is 11.5. The van der Waals surface area contributed by atoms with Crippen molar-refractivity contribution in [2.45, 2.75) is 64.5 Å². The summed E-state index contributed by atoms with van der Waals surface area (Å²) < 4.78 is 10.6. The molecule has 6 rings (SSSR count). The molecule has 210 valence electrons. The van der Waals surface area contributed by atoms with Crippen LogP contribution in [-0.2, 0) is 8.37 Å². The Bertz CT molecular complexity index is 1400. The minimum Gasteiger partial charge on any atom is -0.355 e. The summed E-state index contributed by atoms with van der Waals surface area (Å²) in [6, 6.07) is 13.3. The molecule has 0 amide bonds. The maximum atomic E-state index is 5.30. The van der Waals surface area contributed by atoms with Crippen LogP contribution in [-0.4, -0.2) is 32.7 Å². The number of anilines is 2. The van der Waals surface area contributed by atoms with Crippen molar-refractivity contribution >= 4 is 59.0 Å². The molecular formula is C32H36N2O2S4. The predicted molar refractivity (Wildman–Crippen MR) is 174 cm³/mol. The summed E-state index contributed by atoms with van der Waals surface area (Å²) in [4.78, 5) is 9.96. The summed E-state index contributed by atoms with van der Waals surface area (Å²) in [6.45, 7) is 6.44. The molecule has 0 saturated carbocycles. The van der Waals surface area contributed by atoms with Crippen LogP contribution in [0.1, 0.15) is 39.5 Å². The lowest BCUT2D eigenvalue weighted by molar-refractivity contribution is 0.489. The summed E-state index contributed by atoms with van der Waals surface area (Å²) in [7, 11) is 3.45. The summed E-state index contributed by atoms with van der Waals surface area (Å²) >= 11 is 6.72. The third-order valence-electron chi connectivity index (χ3n) is 7.92. The zero-order chi connectivity index (χ0) is 27.6.